The molecule has 0 bridgehead atoms. The Labute approximate surface area is 158 Å². The standard InChI is InChI=1S/C20H34N4O2/c1-6-7-13-21-20(23-15-19(25)24(3)4)22-14-12-16(2)17-8-10-18(26-5)11-9-17/h8-11,16H,6-7,12-15H2,1-5H3,(H2,21,22,23). The van der Waals surface area contributed by atoms with Gasteiger partial charge < -0.3 is 20.3 Å². The minimum absolute atomic E-state index is 0.00630. The van der Waals surface area contributed by atoms with E-state index in [-0.39, 0.29) is 12.5 Å². The van der Waals surface area contributed by atoms with Crippen molar-refractivity contribution in [3.8, 4) is 5.75 Å². The summed E-state index contributed by atoms with van der Waals surface area (Å²) in [6.45, 7) is 6.16. The zero-order valence-electron chi connectivity index (χ0n) is 16.8. The Bertz CT molecular complexity index is 555. The molecule has 0 heterocycles. The topological polar surface area (TPSA) is 66.0 Å². The zero-order chi connectivity index (χ0) is 19.4. The second kappa shape index (κ2) is 12.2. The normalized spacial score (nSPS) is 12.4. The first-order chi connectivity index (χ1) is 12.5. The first-order valence-electron chi connectivity index (χ1n) is 9.34. The largest absolute Gasteiger partial charge is 0.497 e. The number of hydrogen-bond acceptors (Lipinski definition) is 3. The van der Waals surface area contributed by atoms with E-state index in [1.165, 1.54) is 5.56 Å². The fourth-order valence-corrected chi connectivity index (χ4v) is 2.35. The number of carbonyl (C=O) groups excluding carboxylic acids is 1. The van der Waals surface area contributed by atoms with Crippen molar-refractivity contribution < 1.29 is 9.53 Å². The maximum Gasteiger partial charge on any atom is 0.243 e. The molecule has 6 nitrogen and oxygen atoms in total. The molecule has 6 heteroatoms. The summed E-state index contributed by atoms with van der Waals surface area (Å²) in [7, 11) is 5.16. The summed E-state index contributed by atoms with van der Waals surface area (Å²) in [4.78, 5) is 17.7. The SMILES string of the molecule is CCCCNC(=NCC(=O)N(C)C)NCCC(C)c1ccc(OC)cc1. The lowest BCUT2D eigenvalue weighted by molar-refractivity contribution is -0.127. The number of amides is 1. The Balaban J connectivity index is 2.52. The third-order valence-corrected chi connectivity index (χ3v) is 4.25. The van der Waals surface area contributed by atoms with Crippen molar-refractivity contribution in [1.29, 1.82) is 0 Å². The van der Waals surface area contributed by atoms with Gasteiger partial charge in [-0.05, 0) is 36.5 Å². The predicted molar refractivity (Wildman–Crippen MR) is 108 cm³/mol. The van der Waals surface area contributed by atoms with Gasteiger partial charge in [0.05, 0.1) is 7.11 Å². The molecule has 0 aliphatic rings. The minimum atomic E-state index is -0.00630. The minimum Gasteiger partial charge on any atom is -0.497 e. The van der Waals surface area contributed by atoms with E-state index < -0.39 is 0 Å². The molecule has 146 valence electrons. The molecule has 1 unspecified atom stereocenters. The van der Waals surface area contributed by atoms with E-state index >= 15 is 0 Å². The van der Waals surface area contributed by atoms with Crippen molar-refractivity contribution in [1.82, 2.24) is 15.5 Å². The average Bonchev–Trinajstić information content (AvgIpc) is 2.65. The lowest BCUT2D eigenvalue weighted by atomic mass is 9.98. The van der Waals surface area contributed by atoms with Gasteiger partial charge in [0.2, 0.25) is 5.91 Å². The van der Waals surface area contributed by atoms with Gasteiger partial charge in [0, 0.05) is 27.2 Å². The van der Waals surface area contributed by atoms with Crippen molar-refractivity contribution in [2.24, 2.45) is 4.99 Å². The number of methoxy groups -OCH3 is 1. The lowest BCUT2D eigenvalue weighted by Crippen LogP contribution is -2.39. The predicted octanol–water partition coefficient (Wildman–Crippen LogP) is 2.61. The van der Waals surface area contributed by atoms with Gasteiger partial charge in [0.25, 0.3) is 0 Å². The summed E-state index contributed by atoms with van der Waals surface area (Å²) in [5.74, 6) is 2.00. The molecule has 0 saturated carbocycles. The van der Waals surface area contributed by atoms with E-state index in [1.807, 2.05) is 12.1 Å². The zero-order valence-corrected chi connectivity index (χ0v) is 16.8. The second-order valence-corrected chi connectivity index (χ2v) is 6.62. The summed E-state index contributed by atoms with van der Waals surface area (Å²) in [6.07, 6.45) is 3.17. The number of hydrogen-bond donors (Lipinski definition) is 2. The van der Waals surface area contributed by atoms with E-state index in [1.54, 1.807) is 26.1 Å². The van der Waals surface area contributed by atoms with E-state index in [4.69, 9.17) is 4.74 Å². The maximum atomic E-state index is 11.7. The van der Waals surface area contributed by atoms with Gasteiger partial charge in [0.1, 0.15) is 12.3 Å². The van der Waals surface area contributed by atoms with Crippen LogP contribution in [0.3, 0.4) is 0 Å². The second-order valence-electron chi connectivity index (χ2n) is 6.62. The van der Waals surface area contributed by atoms with Crippen molar-refractivity contribution >= 4 is 11.9 Å². The molecule has 0 aliphatic heterocycles. The number of aliphatic imine (C=N–C) groups is 1. The first-order valence-corrected chi connectivity index (χ1v) is 9.34. The molecular formula is C20H34N4O2. The fraction of sp³-hybridized carbons (Fsp3) is 0.600. The van der Waals surface area contributed by atoms with Crippen LogP contribution in [0, 0.1) is 0 Å². The van der Waals surface area contributed by atoms with Crippen molar-refractivity contribution in [3.05, 3.63) is 29.8 Å². The van der Waals surface area contributed by atoms with Gasteiger partial charge in [0.15, 0.2) is 5.96 Å². The van der Waals surface area contributed by atoms with Gasteiger partial charge in [-0.25, -0.2) is 4.99 Å². The summed E-state index contributed by atoms with van der Waals surface area (Å²) in [5, 5.41) is 6.63. The van der Waals surface area contributed by atoms with E-state index in [0.29, 0.717) is 11.9 Å². The quantitative estimate of drug-likeness (QED) is 0.381. The van der Waals surface area contributed by atoms with E-state index in [2.05, 4.69) is 41.6 Å². The van der Waals surface area contributed by atoms with Gasteiger partial charge >= 0.3 is 0 Å². The molecule has 1 aromatic carbocycles. The molecule has 1 atom stereocenters. The van der Waals surface area contributed by atoms with Gasteiger partial charge in [-0.15, -0.1) is 0 Å². The number of likely N-dealkylation sites (N-methyl/N-ethyl adjacent to an activating group) is 1. The van der Waals surface area contributed by atoms with Crippen LogP contribution in [0.25, 0.3) is 0 Å². The van der Waals surface area contributed by atoms with Gasteiger partial charge in [-0.3, -0.25) is 4.79 Å². The highest BCUT2D eigenvalue weighted by Crippen LogP contribution is 2.21. The smallest absolute Gasteiger partial charge is 0.243 e. The third kappa shape index (κ3) is 8.23. The number of ether oxygens (including phenoxy) is 1. The number of carbonyl (C=O) groups is 1. The molecule has 0 fully saturated rings. The Morgan fingerprint density at radius 1 is 1.19 bits per heavy atom. The van der Waals surface area contributed by atoms with Gasteiger partial charge in [-0.2, -0.15) is 0 Å². The Morgan fingerprint density at radius 3 is 2.42 bits per heavy atom. The highest BCUT2D eigenvalue weighted by atomic mass is 16.5. The third-order valence-electron chi connectivity index (χ3n) is 4.25. The highest BCUT2D eigenvalue weighted by molar-refractivity contribution is 5.84. The summed E-state index contributed by atoms with van der Waals surface area (Å²) >= 11 is 0. The van der Waals surface area contributed by atoms with Crippen LogP contribution in [0.1, 0.15) is 44.6 Å². The monoisotopic (exact) mass is 362 g/mol. The number of benzene rings is 1. The van der Waals surface area contributed by atoms with Crippen LogP contribution >= 0.6 is 0 Å². The Kier molecular flexibility index (Phi) is 10.2. The van der Waals surface area contributed by atoms with Gasteiger partial charge in [-0.1, -0.05) is 32.4 Å². The molecular weight excluding hydrogens is 328 g/mol. The molecule has 0 saturated heterocycles. The molecule has 1 rings (SSSR count). The number of nitrogens with zero attached hydrogens (tertiary/aromatic N) is 2. The van der Waals surface area contributed by atoms with Crippen molar-refractivity contribution in [2.45, 2.75) is 39.0 Å². The number of guanidine groups is 1. The molecule has 26 heavy (non-hydrogen) atoms. The number of unbranched alkanes of at least 4 members (excludes halogenated alkanes) is 1. The van der Waals surface area contributed by atoms with Crippen LogP contribution in [-0.2, 0) is 4.79 Å². The molecule has 1 aromatic rings. The first kappa shape index (κ1) is 21.8. The molecule has 0 aliphatic carbocycles. The Hall–Kier alpha value is -2.24. The lowest BCUT2D eigenvalue weighted by Gasteiger charge is -2.16. The van der Waals surface area contributed by atoms with Crippen molar-refractivity contribution in [2.75, 3.05) is 40.8 Å². The fourth-order valence-electron chi connectivity index (χ4n) is 2.35. The van der Waals surface area contributed by atoms with Crippen LogP contribution in [-0.4, -0.2) is 57.6 Å². The Morgan fingerprint density at radius 2 is 1.85 bits per heavy atom. The summed E-state index contributed by atoms with van der Waals surface area (Å²) < 4.78 is 5.20. The van der Waals surface area contributed by atoms with Crippen LogP contribution in [0.2, 0.25) is 0 Å². The van der Waals surface area contributed by atoms with Crippen LogP contribution in [0.15, 0.2) is 29.3 Å². The number of nitrogens with one attached hydrogen (secondary N) is 2. The summed E-state index contributed by atoms with van der Waals surface area (Å²) in [6, 6.07) is 8.19. The van der Waals surface area contributed by atoms with Crippen LogP contribution in [0.5, 0.6) is 5.75 Å². The molecule has 0 aromatic heterocycles. The van der Waals surface area contributed by atoms with E-state index in [9.17, 15) is 4.79 Å². The molecule has 0 spiro atoms. The summed E-state index contributed by atoms with van der Waals surface area (Å²) in [5.41, 5.74) is 1.29. The molecule has 1 amide bonds. The number of rotatable bonds is 10. The maximum absolute atomic E-state index is 11.7. The van der Waals surface area contributed by atoms with Crippen molar-refractivity contribution in [3.63, 3.8) is 0 Å². The van der Waals surface area contributed by atoms with E-state index in [0.717, 1.165) is 38.1 Å². The highest BCUT2D eigenvalue weighted by Gasteiger charge is 2.08. The van der Waals surface area contributed by atoms with Crippen LogP contribution in [0.4, 0.5) is 0 Å². The molecule has 2 N–H and O–H groups in total. The average molecular weight is 363 g/mol. The van der Waals surface area contributed by atoms with Crippen LogP contribution < -0.4 is 15.4 Å². The molecule has 0 radical (unpaired) electrons.